The van der Waals surface area contributed by atoms with Crippen molar-refractivity contribution in [2.45, 2.75) is 71.3 Å². The lowest BCUT2D eigenvalue weighted by molar-refractivity contribution is 0.168. The molecule has 90 valence electrons. The number of unbranched alkanes of at least 4 members (excludes halogenated alkanes) is 3. The molecule has 0 heterocycles. The highest BCUT2D eigenvalue weighted by atomic mass is 15.1. The number of rotatable bonds is 6. The van der Waals surface area contributed by atoms with E-state index in [9.17, 15) is 0 Å². The molecule has 0 amide bonds. The predicted octanol–water partition coefficient (Wildman–Crippen LogP) is 4.08. The van der Waals surface area contributed by atoms with Gasteiger partial charge in [-0.2, -0.15) is 0 Å². The molecule has 1 nitrogen and oxygen atoms in total. The Morgan fingerprint density at radius 2 is 1.67 bits per heavy atom. The summed E-state index contributed by atoms with van der Waals surface area (Å²) in [6, 6.07) is 0.892. The third-order valence-corrected chi connectivity index (χ3v) is 3.97. The van der Waals surface area contributed by atoms with Crippen LogP contribution in [0.25, 0.3) is 0 Å². The summed E-state index contributed by atoms with van der Waals surface area (Å²) < 4.78 is 0. The van der Waals surface area contributed by atoms with Gasteiger partial charge >= 0.3 is 0 Å². The van der Waals surface area contributed by atoms with Crippen LogP contribution in [0, 0.1) is 5.92 Å². The van der Waals surface area contributed by atoms with Gasteiger partial charge in [-0.15, -0.1) is 0 Å². The molecule has 0 unspecified atom stereocenters. The minimum Gasteiger partial charge on any atom is -0.303 e. The second-order valence-corrected chi connectivity index (χ2v) is 5.45. The third kappa shape index (κ3) is 5.01. The molecule has 0 atom stereocenters. The Hall–Kier alpha value is -0.0400. The number of nitrogens with zero attached hydrogens (tertiary/aromatic N) is 1. The van der Waals surface area contributed by atoms with Crippen LogP contribution in [-0.4, -0.2) is 24.5 Å². The highest BCUT2D eigenvalue weighted by Crippen LogP contribution is 2.26. The second kappa shape index (κ2) is 7.27. The molecule has 0 bridgehead atoms. The van der Waals surface area contributed by atoms with Crippen molar-refractivity contribution in [1.82, 2.24) is 4.90 Å². The Morgan fingerprint density at radius 1 is 1.00 bits per heavy atom. The van der Waals surface area contributed by atoms with Crippen LogP contribution in [0.5, 0.6) is 0 Å². The summed E-state index contributed by atoms with van der Waals surface area (Å²) in [6.45, 7) is 6.00. The van der Waals surface area contributed by atoms with Crippen molar-refractivity contribution in [3.63, 3.8) is 0 Å². The molecule has 0 saturated heterocycles. The SMILES string of the molecule is CCCCCCN(C)C1CCC(C)CC1. The standard InChI is InChI=1S/C14H29N/c1-4-5-6-7-12-15(3)14-10-8-13(2)9-11-14/h13-14H,4-12H2,1-3H3. The van der Waals surface area contributed by atoms with Gasteiger partial charge in [0.15, 0.2) is 0 Å². The Balaban J connectivity index is 2.08. The maximum atomic E-state index is 2.61. The van der Waals surface area contributed by atoms with Crippen molar-refractivity contribution in [3.8, 4) is 0 Å². The summed E-state index contributed by atoms with van der Waals surface area (Å²) >= 11 is 0. The van der Waals surface area contributed by atoms with Gasteiger partial charge in [-0.25, -0.2) is 0 Å². The molecule has 1 rings (SSSR count). The smallest absolute Gasteiger partial charge is 0.00924 e. The monoisotopic (exact) mass is 211 g/mol. The van der Waals surface area contributed by atoms with Crippen molar-refractivity contribution in [3.05, 3.63) is 0 Å². The predicted molar refractivity (Wildman–Crippen MR) is 68.2 cm³/mol. The van der Waals surface area contributed by atoms with Crippen LogP contribution in [0.15, 0.2) is 0 Å². The van der Waals surface area contributed by atoms with Gasteiger partial charge in [-0.1, -0.05) is 33.1 Å². The molecule has 1 aliphatic carbocycles. The third-order valence-electron chi connectivity index (χ3n) is 3.97. The topological polar surface area (TPSA) is 3.24 Å². The highest BCUT2D eigenvalue weighted by molar-refractivity contribution is 4.76. The molecule has 0 spiro atoms. The fraction of sp³-hybridized carbons (Fsp3) is 1.00. The molecule has 1 heteroatoms. The molecule has 1 saturated carbocycles. The molecule has 1 aliphatic rings. The van der Waals surface area contributed by atoms with Crippen molar-refractivity contribution >= 4 is 0 Å². The first-order valence-corrected chi connectivity index (χ1v) is 6.94. The summed E-state index contributed by atoms with van der Waals surface area (Å²) in [5.74, 6) is 0.981. The summed E-state index contributed by atoms with van der Waals surface area (Å²) in [7, 11) is 2.33. The van der Waals surface area contributed by atoms with Crippen LogP contribution in [0.2, 0.25) is 0 Å². The van der Waals surface area contributed by atoms with Gasteiger partial charge in [0, 0.05) is 6.04 Å². The lowest BCUT2D eigenvalue weighted by Crippen LogP contribution is -2.35. The first-order chi connectivity index (χ1) is 7.24. The van der Waals surface area contributed by atoms with Crippen molar-refractivity contribution in [2.75, 3.05) is 13.6 Å². The molecule has 0 aromatic heterocycles. The largest absolute Gasteiger partial charge is 0.303 e. The molecule has 15 heavy (non-hydrogen) atoms. The summed E-state index contributed by atoms with van der Waals surface area (Å²) in [5, 5.41) is 0. The first kappa shape index (κ1) is 13.0. The van der Waals surface area contributed by atoms with E-state index >= 15 is 0 Å². The van der Waals surface area contributed by atoms with Crippen LogP contribution in [0.4, 0.5) is 0 Å². The summed E-state index contributed by atoms with van der Waals surface area (Å²) in [6.07, 6.45) is 11.4. The normalized spacial score (nSPS) is 27.2. The molecule has 0 radical (unpaired) electrons. The van der Waals surface area contributed by atoms with Crippen LogP contribution in [0.1, 0.15) is 65.2 Å². The van der Waals surface area contributed by atoms with E-state index in [1.807, 2.05) is 0 Å². The van der Waals surface area contributed by atoms with Crippen LogP contribution in [0.3, 0.4) is 0 Å². The Kier molecular flexibility index (Phi) is 6.31. The maximum absolute atomic E-state index is 2.61. The Morgan fingerprint density at radius 3 is 2.27 bits per heavy atom. The zero-order valence-corrected chi connectivity index (χ0v) is 11.0. The zero-order valence-electron chi connectivity index (χ0n) is 11.0. The van der Waals surface area contributed by atoms with E-state index in [1.165, 1.54) is 57.9 Å². The van der Waals surface area contributed by atoms with E-state index in [4.69, 9.17) is 0 Å². The van der Waals surface area contributed by atoms with E-state index in [0.717, 1.165) is 12.0 Å². The van der Waals surface area contributed by atoms with Crippen molar-refractivity contribution in [2.24, 2.45) is 5.92 Å². The Bertz CT molecular complexity index is 147. The minimum atomic E-state index is 0.892. The number of hydrogen-bond donors (Lipinski definition) is 0. The van der Waals surface area contributed by atoms with Gasteiger partial charge in [0.25, 0.3) is 0 Å². The van der Waals surface area contributed by atoms with E-state index in [2.05, 4.69) is 25.8 Å². The Labute approximate surface area is 96.2 Å². The van der Waals surface area contributed by atoms with Gasteiger partial charge < -0.3 is 4.90 Å². The van der Waals surface area contributed by atoms with E-state index < -0.39 is 0 Å². The lowest BCUT2D eigenvalue weighted by Gasteiger charge is -2.33. The van der Waals surface area contributed by atoms with E-state index in [0.29, 0.717) is 0 Å². The van der Waals surface area contributed by atoms with Crippen LogP contribution >= 0.6 is 0 Å². The maximum Gasteiger partial charge on any atom is 0.00924 e. The summed E-state index contributed by atoms with van der Waals surface area (Å²) in [4.78, 5) is 2.61. The van der Waals surface area contributed by atoms with Crippen LogP contribution < -0.4 is 0 Å². The van der Waals surface area contributed by atoms with Crippen LogP contribution in [-0.2, 0) is 0 Å². The first-order valence-electron chi connectivity index (χ1n) is 6.94. The highest BCUT2D eigenvalue weighted by Gasteiger charge is 2.20. The van der Waals surface area contributed by atoms with Crippen molar-refractivity contribution < 1.29 is 0 Å². The van der Waals surface area contributed by atoms with Crippen molar-refractivity contribution in [1.29, 1.82) is 0 Å². The summed E-state index contributed by atoms with van der Waals surface area (Å²) in [5.41, 5.74) is 0. The average Bonchev–Trinajstić information content (AvgIpc) is 2.25. The molecule has 0 aliphatic heterocycles. The molecular weight excluding hydrogens is 182 g/mol. The quantitative estimate of drug-likeness (QED) is 0.598. The van der Waals surface area contributed by atoms with E-state index in [-0.39, 0.29) is 0 Å². The second-order valence-electron chi connectivity index (χ2n) is 5.45. The molecule has 0 aromatic carbocycles. The lowest BCUT2D eigenvalue weighted by atomic mass is 9.87. The molecule has 0 aromatic rings. The molecule has 1 fully saturated rings. The fourth-order valence-corrected chi connectivity index (χ4v) is 2.65. The minimum absolute atomic E-state index is 0.892. The average molecular weight is 211 g/mol. The van der Waals surface area contributed by atoms with Gasteiger partial charge in [-0.3, -0.25) is 0 Å². The van der Waals surface area contributed by atoms with Gasteiger partial charge in [0.2, 0.25) is 0 Å². The van der Waals surface area contributed by atoms with Gasteiger partial charge in [0.05, 0.1) is 0 Å². The number of hydrogen-bond acceptors (Lipinski definition) is 1. The molecular formula is C14H29N. The van der Waals surface area contributed by atoms with Gasteiger partial charge in [0.1, 0.15) is 0 Å². The van der Waals surface area contributed by atoms with Gasteiger partial charge in [-0.05, 0) is 51.6 Å². The fourth-order valence-electron chi connectivity index (χ4n) is 2.65. The molecule has 0 N–H and O–H groups in total. The van der Waals surface area contributed by atoms with E-state index in [1.54, 1.807) is 0 Å². The zero-order chi connectivity index (χ0) is 11.1.